The van der Waals surface area contributed by atoms with E-state index in [-0.39, 0.29) is 11.9 Å². The molecule has 0 bridgehead atoms. The van der Waals surface area contributed by atoms with Crippen molar-refractivity contribution in [3.05, 3.63) is 78.0 Å². The molecular formula is C27H32N6O. The molecule has 2 saturated heterocycles. The average molecular weight is 457 g/mol. The van der Waals surface area contributed by atoms with Gasteiger partial charge in [-0.25, -0.2) is 4.98 Å². The van der Waals surface area contributed by atoms with E-state index in [4.69, 9.17) is 4.98 Å². The Labute approximate surface area is 201 Å². The van der Waals surface area contributed by atoms with E-state index in [1.807, 2.05) is 29.2 Å². The molecule has 176 valence electrons. The number of benzene rings is 2. The second-order valence-electron chi connectivity index (χ2n) is 9.17. The molecule has 1 atom stereocenters. The van der Waals surface area contributed by atoms with Crippen molar-refractivity contribution < 1.29 is 4.79 Å². The molecular weight excluding hydrogens is 424 g/mol. The van der Waals surface area contributed by atoms with Crippen LogP contribution in [0.25, 0.3) is 0 Å². The van der Waals surface area contributed by atoms with Gasteiger partial charge in [0.15, 0.2) is 0 Å². The van der Waals surface area contributed by atoms with Gasteiger partial charge < -0.3 is 15.1 Å². The predicted molar refractivity (Wildman–Crippen MR) is 135 cm³/mol. The lowest BCUT2D eigenvalue weighted by Gasteiger charge is -2.37. The number of amides is 1. The third-order valence-corrected chi connectivity index (χ3v) is 6.69. The van der Waals surface area contributed by atoms with Gasteiger partial charge in [-0.2, -0.15) is 4.98 Å². The quantitative estimate of drug-likeness (QED) is 0.608. The van der Waals surface area contributed by atoms with Crippen LogP contribution in [0.15, 0.2) is 66.9 Å². The SMILES string of the molecule is Cc1ccc(Nc2ccnc(N3CCCC3C(=O)N3CCN(Cc4ccccc4)CC3)n2)cc1. The van der Waals surface area contributed by atoms with E-state index in [1.165, 1.54) is 11.1 Å². The third kappa shape index (κ3) is 5.20. The summed E-state index contributed by atoms with van der Waals surface area (Å²) in [5.41, 5.74) is 3.52. The van der Waals surface area contributed by atoms with E-state index in [9.17, 15) is 4.79 Å². The third-order valence-electron chi connectivity index (χ3n) is 6.69. The Hall–Kier alpha value is -3.45. The van der Waals surface area contributed by atoms with Crippen LogP contribution in [0, 0.1) is 6.92 Å². The van der Waals surface area contributed by atoms with Gasteiger partial charge in [-0.15, -0.1) is 0 Å². The van der Waals surface area contributed by atoms with Crippen molar-refractivity contribution in [3.63, 3.8) is 0 Å². The van der Waals surface area contributed by atoms with E-state index >= 15 is 0 Å². The summed E-state index contributed by atoms with van der Waals surface area (Å²) >= 11 is 0. The Morgan fingerprint density at radius 2 is 1.74 bits per heavy atom. The van der Waals surface area contributed by atoms with Crippen molar-refractivity contribution in [3.8, 4) is 0 Å². The number of carbonyl (C=O) groups is 1. The molecule has 2 aliphatic heterocycles. The van der Waals surface area contributed by atoms with Crippen LogP contribution in [0.5, 0.6) is 0 Å². The predicted octanol–water partition coefficient (Wildman–Crippen LogP) is 3.84. The summed E-state index contributed by atoms with van der Waals surface area (Å²) in [6.45, 7) is 7.16. The Bertz CT molecular complexity index is 1100. The molecule has 0 radical (unpaired) electrons. The summed E-state index contributed by atoms with van der Waals surface area (Å²) in [6.07, 6.45) is 3.59. The lowest BCUT2D eigenvalue weighted by atomic mass is 10.1. The van der Waals surface area contributed by atoms with Crippen molar-refractivity contribution in [1.29, 1.82) is 0 Å². The highest BCUT2D eigenvalue weighted by atomic mass is 16.2. The smallest absolute Gasteiger partial charge is 0.245 e. The topological polar surface area (TPSA) is 64.6 Å². The van der Waals surface area contributed by atoms with Crippen LogP contribution in [0.4, 0.5) is 17.5 Å². The van der Waals surface area contributed by atoms with Crippen LogP contribution < -0.4 is 10.2 Å². The standard InChI is InChI=1S/C27H32N6O/c1-21-9-11-23(12-10-21)29-25-13-14-28-27(30-25)33-15-5-8-24(33)26(34)32-18-16-31(17-19-32)20-22-6-3-2-4-7-22/h2-4,6-7,9-14,24H,5,8,15-20H2,1H3,(H,28,29,30). The minimum atomic E-state index is -0.185. The largest absolute Gasteiger partial charge is 0.340 e. The number of nitrogens with one attached hydrogen (secondary N) is 1. The zero-order valence-corrected chi connectivity index (χ0v) is 19.7. The van der Waals surface area contributed by atoms with Gasteiger partial charge in [0.1, 0.15) is 11.9 Å². The van der Waals surface area contributed by atoms with Crippen LogP contribution in [0.2, 0.25) is 0 Å². The minimum Gasteiger partial charge on any atom is -0.340 e. The highest BCUT2D eigenvalue weighted by molar-refractivity contribution is 5.85. The molecule has 3 heterocycles. The van der Waals surface area contributed by atoms with Gasteiger partial charge in [0.2, 0.25) is 11.9 Å². The summed E-state index contributed by atoms with van der Waals surface area (Å²) in [7, 11) is 0. The molecule has 3 aromatic rings. The summed E-state index contributed by atoms with van der Waals surface area (Å²) in [6, 6.07) is 20.4. The molecule has 1 N–H and O–H groups in total. The van der Waals surface area contributed by atoms with Crippen LogP contribution in [0.3, 0.4) is 0 Å². The first-order valence-corrected chi connectivity index (χ1v) is 12.1. The molecule has 1 amide bonds. The van der Waals surface area contributed by atoms with Gasteiger partial charge in [-0.05, 0) is 43.5 Å². The van der Waals surface area contributed by atoms with Crippen LogP contribution in [-0.4, -0.2) is 64.4 Å². The molecule has 1 aromatic heterocycles. The van der Waals surface area contributed by atoms with E-state index in [0.717, 1.165) is 63.6 Å². The Kier molecular flexibility index (Phi) is 6.72. The molecule has 2 aromatic carbocycles. The van der Waals surface area contributed by atoms with Gasteiger partial charge in [-0.1, -0.05) is 48.0 Å². The lowest BCUT2D eigenvalue weighted by molar-refractivity contribution is -0.134. The molecule has 0 spiro atoms. The number of piperazine rings is 1. The van der Waals surface area contributed by atoms with Crippen LogP contribution in [0.1, 0.15) is 24.0 Å². The maximum absolute atomic E-state index is 13.5. The zero-order chi connectivity index (χ0) is 23.3. The van der Waals surface area contributed by atoms with E-state index in [1.54, 1.807) is 6.20 Å². The normalized spacial score (nSPS) is 18.8. The second kappa shape index (κ2) is 10.2. The molecule has 7 nitrogen and oxygen atoms in total. The number of aromatic nitrogens is 2. The molecule has 0 saturated carbocycles. The average Bonchev–Trinajstić information content (AvgIpc) is 3.36. The minimum absolute atomic E-state index is 0.185. The lowest BCUT2D eigenvalue weighted by Crippen LogP contribution is -2.53. The Balaban J connectivity index is 1.21. The summed E-state index contributed by atoms with van der Waals surface area (Å²) in [4.78, 5) is 29.2. The van der Waals surface area contributed by atoms with Gasteiger partial charge >= 0.3 is 0 Å². The van der Waals surface area contributed by atoms with Crippen LogP contribution in [-0.2, 0) is 11.3 Å². The van der Waals surface area contributed by atoms with Crippen molar-refractivity contribution >= 4 is 23.4 Å². The number of aryl methyl sites for hydroxylation is 1. The number of nitrogens with zero attached hydrogens (tertiary/aromatic N) is 5. The second-order valence-corrected chi connectivity index (χ2v) is 9.17. The van der Waals surface area contributed by atoms with Crippen LogP contribution >= 0.6 is 0 Å². The first-order chi connectivity index (χ1) is 16.7. The molecule has 5 rings (SSSR count). The van der Waals surface area contributed by atoms with Crippen molar-refractivity contribution in [1.82, 2.24) is 19.8 Å². The highest BCUT2D eigenvalue weighted by Crippen LogP contribution is 2.26. The zero-order valence-electron chi connectivity index (χ0n) is 19.7. The Morgan fingerprint density at radius 1 is 0.971 bits per heavy atom. The van der Waals surface area contributed by atoms with Gasteiger partial charge in [0.25, 0.3) is 0 Å². The molecule has 2 aliphatic rings. The maximum Gasteiger partial charge on any atom is 0.245 e. The van der Waals surface area contributed by atoms with E-state index < -0.39 is 0 Å². The van der Waals surface area contributed by atoms with E-state index in [0.29, 0.717) is 5.95 Å². The van der Waals surface area contributed by atoms with E-state index in [2.05, 4.69) is 63.4 Å². The molecule has 7 heteroatoms. The fourth-order valence-corrected chi connectivity index (χ4v) is 4.78. The molecule has 2 fully saturated rings. The molecule has 34 heavy (non-hydrogen) atoms. The monoisotopic (exact) mass is 456 g/mol. The highest BCUT2D eigenvalue weighted by Gasteiger charge is 2.36. The fraction of sp³-hybridized carbons (Fsp3) is 0.370. The summed E-state index contributed by atoms with van der Waals surface area (Å²) in [5, 5.41) is 3.35. The van der Waals surface area contributed by atoms with Crippen molar-refractivity contribution in [2.45, 2.75) is 32.4 Å². The van der Waals surface area contributed by atoms with Gasteiger partial charge in [0, 0.05) is 51.2 Å². The molecule has 0 aliphatic carbocycles. The maximum atomic E-state index is 13.5. The van der Waals surface area contributed by atoms with Crippen molar-refractivity contribution in [2.75, 3.05) is 42.9 Å². The number of hydrogen-bond donors (Lipinski definition) is 1. The summed E-state index contributed by atoms with van der Waals surface area (Å²) < 4.78 is 0. The fourth-order valence-electron chi connectivity index (χ4n) is 4.78. The summed E-state index contributed by atoms with van der Waals surface area (Å²) in [5.74, 6) is 1.56. The number of rotatable bonds is 6. The first kappa shape index (κ1) is 22.3. The van der Waals surface area contributed by atoms with Gasteiger partial charge in [0.05, 0.1) is 0 Å². The molecule has 1 unspecified atom stereocenters. The number of carbonyl (C=O) groups excluding carboxylic acids is 1. The van der Waals surface area contributed by atoms with Crippen molar-refractivity contribution in [2.24, 2.45) is 0 Å². The first-order valence-electron chi connectivity index (χ1n) is 12.1. The number of anilines is 3. The Morgan fingerprint density at radius 3 is 2.50 bits per heavy atom. The van der Waals surface area contributed by atoms with Gasteiger partial charge in [-0.3, -0.25) is 9.69 Å². The number of hydrogen-bond acceptors (Lipinski definition) is 6.